The zero-order chi connectivity index (χ0) is 14.7. The van der Waals surface area contributed by atoms with Crippen LogP contribution in [0.15, 0.2) is 36.4 Å². The molecule has 3 nitrogen and oxygen atoms in total. The molecule has 1 aliphatic heterocycles. The average Bonchev–Trinajstić information content (AvgIpc) is 2.94. The zero-order valence-corrected chi connectivity index (χ0v) is 12.9. The van der Waals surface area contributed by atoms with Gasteiger partial charge in [0.2, 0.25) is 0 Å². The molecule has 3 heteroatoms. The summed E-state index contributed by atoms with van der Waals surface area (Å²) in [5.41, 5.74) is 6.40. The summed E-state index contributed by atoms with van der Waals surface area (Å²) in [5.74, 6) is 0. The first kappa shape index (κ1) is 14.1. The van der Waals surface area contributed by atoms with Crippen molar-refractivity contribution >= 4 is 5.69 Å². The largest absolute Gasteiger partial charge is 0.384 e. The van der Waals surface area contributed by atoms with Crippen LogP contribution in [0.25, 0.3) is 0 Å². The summed E-state index contributed by atoms with van der Waals surface area (Å²) in [6.45, 7) is 8.26. The van der Waals surface area contributed by atoms with Gasteiger partial charge in [0.15, 0.2) is 0 Å². The molecule has 1 aromatic heterocycles. The van der Waals surface area contributed by atoms with Crippen molar-refractivity contribution in [3.63, 3.8) is 0 Å². The smallest absolute Gasteiger partial charge is 0.0547 e. The molecular weight excluding hydrogens is 258 g/mol. The molecule has 0 fully saturated rings. The quantitative estimate of drug-likeness (QED) is 0.910. The van der Waals surface area contributed by atoms with E-state index in [1.165, 1.54) is 16.8 Å². The molecule has 1 aromatic carbocycles. The summed E-state index contributed by atoms with van der Waals surface area (Å²) in [7, 11) is 0. The Morgan fingerprint density at radius 2 is 2.10 bits per heavy atom. The standard InChI is InChI=1S/C18H23N3/c1-3-21(13-17-6-4-5-14(2)20-17)12-15-7-8-18-16(11-15)9-10-19-18/h4-8,11,19H,3,9-10,12-13H2,1-2H3. The number of aromatic nitrogens is 1. The second-order valence-electron chi connectivity index (χ2n) is 5.74. The van der Waals surface area contributed by atoms with Crippen LogP contribution in [0.4, 0.5) is 5.69 Å². The number of hydrogen-bond acceptors (Lipinski definition) is 3. The lowest BCUT2D eigenvalue weighted by Crippen LogP contribution is -2.23. The third-order valence-corrected chi connectivity index (χ3v) is 4.06. The summed E-state index contributed by atoms with van der Waals surface area (Å²) in [6, 6.07) is 13.1. The van der Waals surface area contributed by atoms with Gasteiger partial charge in [-0.2, -0.15) is 0 Å². The van der Waals surface area contributed by atoms with Crippen molar-refractivity contribution in [2.24, 2.45) is 0 Å². The highest BCUT2D eigenvalue weighted by molar-refractivity contribution is 5.56. The lowest BCUT2D eigenvalue weighted by molar-refractivity contribution is 0.268. The normalized spacial score (nSPS) is 13.3. The van der Waals surface area contributed by atoms with Crippen LogP contribution >= 0.6 is 0 Å². The van der Waals surface area contributed by atoms with E-state index in [4.69, 9.17) is 0 Å². The topological polar surface area (TPSA) is 28.2 Å². The van der Waals surface area contributed by atoms with E-state index < -0.39 is 0 Å². The number of nitrogens with zero attached hydrogens (tertiary/aromatic N) is 2. The van der Waals surface area contributed by atoms with Gasteiger partial charge in [0, 0.05) is 31.0 Å². The van der Waals surface area contributed by atoms with E-state index in [2.05, 4.69) is 52.5 Å². The Kier molecular flexibility index (Phi) is 4.20. The van der Waals surface area contributed by atoms with E-state index in [9.17, 15) is 0 Å². The molecule has 0 atom stereocenters. The molecule has 0 saturated carbocycles. The van der Waals surface area contributed by atoms with Crippen LogP contribution in [0.1, 0.15) is 29.4 Å². The van der Waals surface area contributed by atoms with Gasteiger partial charge in [-0.15, -0.1) is 0 Å². The van der Waals surface area contributed by atoms with E-state index in [1.54, 1.807) is 0 Å². The first-order valence-electron chi connectivity index (χ1n) is 7.75. The van der Waals surface area contributed by atoms with Gasteiger partial charge in [-0.05, 0) is 49.2 Å². The highest BCUT2D eigenvalue weighted by atomic mass is 15.1. The summed E-state index contributed by atoms with van der Waals surface area (Å²) in [6.07, 6.45) is 1.15. The van der Waals surface area contributed by atoms with Crippen molar-refractivity contribution in [3.05, 3.63) is 58.9 Å². The molecular formula is C18H23N3. The van der Waals surface area contributed by atoms with Crippen molar-refractivity contribution in [2.45, 2.75) is 33.4 Å². The first-order valence-corrected chi connectivity index (χ1v) is 7.75. The predicted molar refractivity (Wildman–Crippen MR) is 87.4 cm³/mol. The minimum absolute atomic E-state index is 0.910. The Morgan fingerprint density at radius 3 is 2.90 bits per heavy atom. The van der Waals surface area contributed by atoms with Gasteiger partial charge in [0.25, 0.3) is 0 Å². The number of aryl methyl sites for hydroxylation is 1. The molecule has 0 spiro atoms. The molecule has 21 heavy (non-hydrogen) atoms. The average molecular weight is 281 g/mol. The van der Waals surface area contributed by atoms with Crippen molar-refractivity contribution in [2.75, 3.05) is 18.4 Å². The number of fused-ring (bicyclic) bond motifs is 1. The Balaban J connectivity index is 1.69. The fourth-order valence-corrected chi connectivity index (χ4v) is 2.91. The molecule has 3 rings (SSSR count). The number of nitrogens with one attached hydrogen (secondary N) is 1. The van der Waals surface area contributed by atoms with Gasteiger partial charge >= 0.3 is 0 Å². The minimum Gasteiger partial charge on any atom is -0.384 e. The number of benzene rings is 1. The third kappa shape index (κ3) is 3.42. The van der Waals surface area contributed by atoms with Gasteiger partial charge in [0.05, 0.1) is 5.69 Å². The summed E-state index contributed by atoms with van der Waals surface area (Å²) >= 11 is 0. The number of anilines is 1. The highest BCUT2D eigenvalue weighted by Crippen LogP contribution is 2.23. The molecule has 110 valence electrons. The maximum absolute atomic E-state index is 4.61. The summed E-state index contributed by atoms with van der Waals surface area (Å²) < 4.78 is 0. The Morgan fingerprint density at radius 1 is 1.19 bits per heavy atom. The monoisotopic (exact) mass is 281 g/mol. The van der Waals surface area contributed by atoms with Gasteiger partial charge < -0.3 is 5.32 Å². The molecule has 1 aliphatic rings. The molecule has 2 heterocycles. The lowest BCUT2D eigenvalue weighted by atomic mass is 10.1. The fourth-order valence-electron chi connectivity index (χ4n) is 2.91. The maximum Gasteiger partial charge on any atom is 0.0547 e. The van der Waals surface area contributed by atoms with E-state index in [1.807, 2.05) is 13.0 Å². The van der Waals surface area contributed by atoms with Crippen LogP contribution in [0.3, 0.4) is 0 Å². The molecule has 0 radical (unpaired) electrons. The van der Waals surface area contributed by atoms with E-state index in [-0.39, 0.29) is 0 Å². The minimum atomic E-state index is 0.910. The van der Waals surface area contributed by atoms with Crippen LogP contribution in [0, 0.1) is 6.92 Å². The van der Waals surface area contributed by atoms with Crippen molar-refractivity contribution in [1.82, 2.24) is 9.88 Å². The Bertz CT molecular complexity index is 622. The fraction of sp³-hybridized carbons (Fsp3) is 0.389. The van der Waals surface area contributed by atoms with Gasteiger partial charge in [-0.1, -0.05) is 25.1 Å². The second-order valence-corrected chi connectivity index (χ2v) is 5.74. The van der Waals surface area contributed by atoms with Crippen LogP contribution < -0.4 is 5.32 Å². The van der Waals surface area contributed by atoms with Crippen LogP contribution in [-0.2, 0) is 19.5 Å². The van der Waals surface area contributed by atoms with Crippen LogP contribution in [-0.4, -0.2) is 23.0 Å². The number of rotatable bonds is 5. The number of hydrogen-bond donors (Lipinski definition) is 1. The predicted octanol–water partition coefficient (Wildman–Crippen LogP) is 3.38. The van der Waals surface area contributed by atoms with Crippen molar-refractivity contribution in [1.29, 1.82) is 0 Å². The molecule has 0 bridgehead atoms. The summed E-state index contributed by atoms with van der Waals surface area (Å²) in [5, 5.41) is 3.42. The zero-order valence-electron chi connectivity index (χ0n) is 12.9. The molecule has 0 aliphatic carbocycles. The van der Waals surface area contributed by atoms with E-state index >= 15 is 0 Å². The lowest BCUT2D eigenvalue weighted by Gasteiger charge is -2.20. The summed E-state index contributed by atoms with van der Waals surface area (Å²) in [4.78, 5) is 7.05. The van der Waals surface area contributed by atoms with Gasteiger partial charge in [0.1, 0.15) is 0 Å². The first-order chi connectivity index (χ1) is 10.2. The van der Waals surface area contributed by atoms with Crippen molar-refractivity contribution in [3.8, 4) is 0 Å². The molecule has 0 unspecified atom stereocenters. The molecule has 2 aromatic rings. The van der Waals surface area contributed by atoms with Crippen LogP contribution in [0.5, 0.6) is 0 Å². The third-order valence-electron chi connectivity index (χ3n) is 4.06. The van der Waals surface area contributed by atoms with Crippen molar-refractivity contribution < 1.29 is 0 Å². The van der Waals surface area contributed by atoms with Gasteiger partial charge in [-0.25, -0.2) is 0 Å². The second kappa shape index (κ2) is 6.27. The molecule has 0 saturated heterocycles. The van der Waals surface area contributed by atoms with E-state index in [0.29, 0.717) is 0 Å². The Hall–Kier alpha value is -1.87. The molecule has 0 amide bonds. The highest BCUT2D eigenvalue weighted by Gasteiger charge is 2.12. The molecule has 1 N–H and O–H groups in total. The van der Waals surface area contributed by atoms with Crippen LogP contribution in [0.2, 0.25) is 0 Å². The Labute approximate surface area is 127 Å². The van der Waals surface area contributed by atoms with Gasteiger partial charge in [-0.3, -0.25) is 9.88 Å². The SMILES string of the molecule is CCN(Cc1ccc2c(c1)CCN2)Cc1cccc(C)n1. The maximum atomic E-state index is 4.61. The van der Waals surface area contributed by atoms with E-state index in [0.717, 1.165) is 44.0 Å². The number of pyridine rings is 1.